The second kappa shape index (κ2) is 8.01. The third kappa shape index (κ3) is 5.70. The fraction of sp³-hybridized carbons (Fsp3) is 0.417. The van der Waals surface area contributed by atoms with Crippen LogP contribution in [0.3, 0.4) is 0 Å². The van der Waals surface area contributed by atoms with Crippen molar-refractivity contribution in [3.63, 3.8) is 0 Å². The number of thiophene rings is 1. The van der Waals surface area contributed by atoms with Crippen molar-refractivity contribution in [2.45, 2.75) is 25.8 Å². The first-order valence-corrected chi connectivity index (χ1v) is 7.57. The number of halogens is 1. The molecule has 2 amide bonds. The van der Waals surface area contributed by atoms with E-state index in [1.54, 1.807) is 19.1 Å². The van der Waals surface area contributed by atoms with E-state index in [1.807, 2.05) is 0 Å². The van der Waals surface area contributed by atoms with Crippen LogP contribution in [0.1, 0.15) is 29.4 Å². The van der Waals surface area contributed by atoms with E-state index in [0.717, 1.165) is 3.79 Å². The molecule has 6 nitrogen and oxygen atoms in total. The van der Waals surface area contributed by atoms with Crippen LogP contribution in [-0.4, -0.2) is 35.5 Å². The monoisotopic (exact) mass is 362 g/mol. The van der Waals surface area contributed by atoms with E-state index in [2.05, 4.69) is 26.6 Å². The van der Waals surface area contributed by atoms with Gasteiger partial charge in [0, 0.05) is 13.0 Å². The van der Waals surface area contributed by atoms with E-state index in [4.69, 9.17) is 5.11 Å². The van der Waals surface area contributed by atoms with Crippen LogP contribution in [0, 0.1) is 0 Å². The molecule has 110 valence electrons. The minimum absolute atomic E-state index is 0.00421. The third-order valence-corrected chi connectivity index (χ3v) is 4.03. The zero-order chi connectivity index (χ0) is 15.1. The summed E-state index contributed by atoms with van der Waals surface area (Å²) < 4.78 is 0.841. The highest BCUT2D eigenvalue weighted by molar-refractivity contribution is 9.11. The van der Waals surface area contributed by atoms with Crippen molar-refractivity contribution in [1.29, 1.82) is 0 Å². The number of aliphatic carboxylic acids is 1. The normalized spacial score (nSPS) is 11.7. The number of rotatable bonds is 7. The molecule has 0 saturated carbocycles. The Morgan fingerprint density at radius 3 is 2.65 bits per heavy atom. The first-order chi connectivity index (χ1) is 9.40. The van der Waals surface area contributed by atoms with E-state index in [-0.39, 0.29) is 24.8 Å². The Morgan fingerprint density at radius 2 is 2.10 bits per heavy atom. The van der Waals surface area contributed by atoms with Crippen LogP contribution in [0.4, 0.5) is 0 Å². The first-order valence-electron chi connectivity index (χ1n) is 5.96. The van der Waals surface area contributed by atoms with Gasteiger partial charge in [-0.05, 0) is 41.4 Å². The van der Waals surface area contributed by atoms with E-state index in [0.29, 0.717) is 11.3 Å². The van der Waals surface area contributed by atoms with Crippen LogP contribution in [0.25, 0.3) is 0 Å². The fourth-order valence-corrected chi connectivity index (χ4v) is 2.66. The zero-order valence-corrected chi connectivity index (χ0v) is 13.2. The highest BCUT2D eigenvalue weighted by Gasteiger charge is 2.17. The molecule has 1 unspecified atom stereocenters. The largest absolute Gasteiger partial charge is 0.481 e. The maximum Gasteiger partial charge on any atom is 0.303 e. The molecule has 0 spiro atoms. The van der Waals surface area contributed by atoms with Crippen LogP contribution in [0.5, 0.6) is 0 Å². The molecule has 0 aliphatic rings. The molecule has 0 aliphatic carbocycles. The zero-order valence-electron chi connectivity index (χ0n) is 10.8. The van der Waals surface area contributed by atoms with Gasteiger partial charge >= 0.3 is 5.97 Å². The number of carboxylic acid groups (broad SMARTS) is 1. The number of nitrogens with one attached hydrogen (secondary N) is 2. The second-order valence-electron chi connectivity index (χ2n) is 4.09. The highest BCUT2D eigenvalue weighted by Crippen LogP contribution is 2.21. The van der Waals surface area contributed by atoms with Crippen LogP contribution < -0.4 is 10.6 Å². The molecule has 20 heavy (non-hydrogen) atoms. The second-order valence-corrected chi connectivity index (χ2v) is 6.55. The Labute approximate surface area is 128 Å². The smallest absolute Gasteiger partial charge is 0.303 e. The Hall–Kier alpha value is -1.41. The summed E-state index contributed by atoms with van der Waals surface area (Å²) >= 11 is 4.54. The summed E-state index contributed by atoms with van der Waals surface area (Å²) in [6.07, 6.45) is 0.365. The van der Waals surface area contributed by atoms with Gasteiger partial charge in [0.25, 0.3) is 5.91 Å². The number of carboxylic acids is 1. The van der Waals surface area contributed by atoms with Gasteiger partial charge in [0.15, 0.2) is 0 Å². The molecule has 3 N–H and O–H groups in total. The predicted octanol–water partition coefficient (Wildman–Crippen LogP) is 1.61. The van der Waals surface area contributed by atoms with Gasteiger partial charge in [0.2, 0.25) is 5.91 Å². The highest BCUT2D eigenvalue weighted by atomic mass is 79.9. The van der Waals surface area contributed by atoms with Crippen molar-refractivity contribution >= 4 is 45.1 Å². The van der Waals surface area contributed by atoms with Crippen molar-refractivity contribution in [1.82, 2.24) is 10.6 Å². The van der Waals surface area contributed by atoms with Crippen LogP contribution in [-0.2, 0) is 9.59 Å². The molecule has 1 aromatic heterocycles. The fourth-order valence-electron chi connectivity index (χ4n) is 1.37. The van der Waals surface area contributed by atoms with Crippen molar-refractivity contribution < 1.29 is 19.5 Å². The molecule has 0 saturated heterocycles. The van der Waals surface area contributed by atoms with Gasteiger partial charge < -0.3 is 15.7 Å². The third-order valence-electron chi connectivity index (χ3n) is 2.40. The van der Waals surface area contributed by atoms with Gasteiger partial charge in [0.1, 0.15) is 6.04 Å². The van der Waals surface area contributed by atoms with E-state index < -0.39 is 12.0 Å². The quantitative estimate of drug-likeness (QED) is 0.642. The van der Waals surface area contributed by atoms with Crippen molar-refractivity contribution in [3.05, 3.63) is 20.8 Å². The summed E-state index contributed by atoms with van der Waals surface area (Å²) in [5, 5.41) is 13.6. The molecule has 0 fully saturated rings. The molecule has 0 radical (unpaired) electrons. The molecule has 0 aliphatic heterocycles. The van der Waals surface area contributed by atoms with Gasteiger partial charge in [-0.3, -0.25) is 14.4 Å². The van der Waals surface area contributed by atoms with E-state index >= 15 is 0 Å². The summed E-state index contributed by atoms with van der Waals surface area (Å²) in [7, 11) is 0. The molecule has 1 aromatic rings. The van der Waals surface area contributed by atoms with Gasteiger partial charge in [-0.1, -0.05) is 0 Å². The Morgan fingerprint density at radius 1 is 1.40 bits per heavy atom. The maximum absolute atomic E-state index is 11.8. The lowest BCUT2D eigenvalue weighted by molar-refractivity contribution is -0.137. The predicted molar refractivity (Wildman–Crippen MR) is 78.8 cm³/mol. The lowest BCUT2D eigenvalue weighted by atomic mass is 10.2. The molecule has 0 bridgehead atoms. The summed E-state index contributed by atoms with van der Waals surface area (Å²) in [5.74, 6) is -1.54. The Balaban J connectivity index is 2.34. The maximum atomic E-state index is 11.8. The molecule has 8 heteroatoms. The summed E-state index contributed by atoms with van der Waals surface area (Å²) in [5.41, 5.74) is 0. The van der Waals surface area contributed by atoms with Crippen LogP contribution in [0.2, 0.25) is 0 Å². The van der Waals surface area contributed by atoms with Gasteiger partial charge in [-0.25, -0.2) is 0 Å². The minimum atomic E-state index is -0.899. The first kappa shape index (κ1) is 16.6. The average molecular weight is 363 g/mol. The average Bonchev–Trinajstić information content (AvgIpc) is 2.80. The molecule has 1 rings (SSSR count). The van der Waals surface area contributed by atoms with Gasteiger partial charge in [-0.15, -0.1) is 11.3 Å². The molecular weight excluding hydrogens is 348 g/mol. The summed E-state index contributed by atoms with van der Waals surface area (Å²) in [6.45, 7) is 1.85. The number of carbonyl (C=O) groups is 3. The standard InChI is InChI=1S/C12H15BrN2O4S/c1-7(11(18)14-6-2-3-10(16)17)15-12(19)8-4-5-9(13)20-8/h4-5,7H,2-3,6H2,1H3,(H,14,18)(H,15,19)(H,16,17). The van der Waals surface area contributed by atoms with E-state index in [1.165, 1.54) is 11.3 Å². The van der Waals surface area contributed by atoms with Gasteiger partial charge in [-0.2, -0.15) is 0 Å². The number of hydrogen-bond acceptors (Lipinski definition) is 4. The number of amides is 2. The lowest BCUT2D eigenvalue weighted by Gasteiger charge is -2.13. The van der Waals surface area contributed by atoms with Crippen LogP contribution in [0.15, 0.2) is 15.9 Å². The van der Waals surface area contributed by atoms with Crippen molar-refractivity contribution in [2.75, 3.05) is 6.54 Å². The summed E-state index contributed by atoms with van der Waals surface area (Å²) in [6, 6.07) is 2.76. The SMILES string of the molecule is CC(NC(=O)c1ccc(Br)s1)C(=O)NCCCC(=O)O. The van der Waals surface area contributed by atoms with Crippen LogP contribution >= 0.6 is 27.3 Å². The Kier molecular flexibility index (Phi) is 6.66. The summed E-state index contributed by atoms with van der Waals surface area (Å²) in [4.78, 5) is 34.3. The number of carbonyl (C=O) groups excluding carboxylic acids is 2. The number of hydrogen-bond donors (Lipinski definition) is 3. The molecule has 1 heterocycles. The Bertz CT molecular complexity index is 503. The van der Waals surface area contributed by atoms with Crippen molar-refractivity contribution in [2.24, 2.45) is 0 Å². The van der Waals surface area contributed by atoms with Crippen molar-refractivity contribution in [3.8, 4) is 0 Å². The topological polar surface area (TPSA) is 95.5 Å². The molecule has 0 aromatic carbocycles. The van der Waals surface area contributed by atoms with E-state index in [9.17, 15) is 14.4 Å². The lowest BCUT2D eigenvalue weighted by Crippen LogP contribution is -2.44. The van der Waals surface area contributed by atoms with Gasteiger partial charge in [0.05, 0.1) is 8.66 Å². The molecular formula is C12H15BrN2O4S. The molecule has 1 atom stereocenters. The minimum Gasteiger partial charge on any atom is -0.481 e.